The zero-order valence-electron chi connectivity index (χ0n) is 38.3. The fraction of sp³-hybridized carbons (Fsp3) is 0.543. The molecule has 0 radical (unpaired) electrons. The fourth-order valence-corrected chi connectivity index (χ4v) is 8.15. The van der Waals surface area contributed by atoms with Gasteiger partial charge in [0.2, 0.25) is 6.29 Å². The van der Waals surface area contributed by atoms with Crippen LogP contribution in [0.5, 0.6) is 23.0 Å². The first-order chi connectivity index (χ1) is 33.8. The van der Waals surface area contributed by atoms with Crippen molar-refractivity contribution in [1.29, 1.82) is 0 Å². The number of allylic oxidation sites excluding steroid dienone is 1. The highest BCUT2D eigenvalue weighted by Gasteiger charge is 2.55. The van der Waals surface area contributed by atoms with Crippen LogP contribution in [-0.4, -0.2) is 205 Å². The molecule has 6 rings (SSSR count). The van der Waals surface area contributed by atoms with Crippen molar-refractivity contribution in [2.75, 3.05) is 26.9 Å². The molecule has 3 saturated heterocycles. The van der Waals surface area contributed by atoms with Gasteiger partial charge in [0, 0.05) is 17.6 Å². The summed E-state index contributed by atoms with van der Waals surface area (Å²) >= 11 is 0. The Morgan fingerprint density at radius 3 is 1.96 bits per heavy atom. The Morgan fingerprint density at radius 1 is 0.690 bits per heavy atom. The molecule has 4 heterocycles. The van der Waals surface area contributed by atoms with Crippen LogP contribution in [0.4, 0.5) is 0 Å². The highest BCUT2D eigenvalue weighted by molar-refractivity contribution is 5.91. The number of phenolic OH excluding ortho intramolecular Hbond substituents is 4. The second kappa shape index (κ2) is 24.3. The van der Waals surface area contributed by atoms with E-state index in [-0.39, 0.29) is 29.7 Å². The Hall–Kier alpha value is -5.49. The molecule has 71 heavy (non-hydrogen) atoms. The molecule has 4 aliphatic rings. The van der Waals surface area contributed by atoms with Gasteiger partial charge in [-0.05, 0) is 61.7 Å². The van der Waals surface area contributed by atoms with Gasteiger partial charge in [-0.2, -0.15) is 0 Å². The molecule has 25 heteroatoms. The van der Waals surface area contributed by atoms with Gasteiger partial charge >= 0.3 is 17.9 Å². The Balaban J connectivity index is 1.35. The first kappa shape index (κ1) is 54.8. The monoisotopic (exact) mass is 1010 g/mol. The van der Waals surface area contributed by atoms with Gasteiger partial charge in [-0.3, -0.25) is 4.79 Å². The Labute approximate surface area is 404 Å². The number of aliphatic hydroxyl groups excluding tert-OH is 8. The normalized spacial score (nSPS) is 34.8. The second-order valence-electron chi connectivity index (χ2n) is 16.8. The summed E-state index contributed by atoms with van der Waals surface area (Å²) in [7, 11) is 1.05. The summed E-state index contributed by atoms with van der Waals surface area (Å²) < 4.78 is 57.9. The molecule has 0 amide bonds. The maximum Gasteiger partial charge on any atom is 0.337 e. The smallest absolute Gasteiger partial charge is 0.337 e. The van der Waals surface area contributed by atoms with Crippen molar-refractivity contribution in [2.45, 2.75) is 125 Å². The minimum Gasteiger partial charge on any atom is -0.504 e. The van der Waals surface area contributed by atoms with Crippen molar-refractivity contribution in [3.8, 4) is 23.0 Å². The topological polar surface area (TPSA) is 386 Å². The number of esters is 3. The number of rotatable bonds is 17. The zero-order chi connectivity index (χ0) is 51.8. The quantitative estimate of drug-likeness (QED) is 0.0261. The molecule has 0 aliphatic carbocycles. The van der Waals surface area contributed by atoms with Crippen LogP contribution in [0.1, 0.15) is 31.4 Å². The first-order valence-electron chi connectivity index (χ1n) is 22.2. The highest BCUT2D eigenvalue weighted by Crippen LogP contribution is 2.39. The maximum atomic E-state index is 14.5. The number of benzene rings is 2. The number of ether oxygens (including phenoxy) is 10. The highest BCUT2D eigenvalue weighted by atomic mass is 16.8. The lowest BCUT2D eigenvalue weighted by molar-refractivity contribution is -0.358. The number of hydrogen-bond acceptors (Lipinski definition) is 25. The van der Waals surface area contributed by atoms with Gasteiger partial charge < -0.3 is 109 Å². The molecule has 2 aromatic carbocycles. The van der Waals surface area contributed by atoms with E-state index in [1.54, 1.807) is 0 Å². The summed E-state index contributed by atoms with van der Waals surface area (Å²) in [5.74, 6) is -6.42. The number of carbonyl (C=O) groups excluding carboxylic acids is 3. The average molecular weight is 1010 g/mol. The third-order valence-corrected chi connectivity index (χ3v) is 12.1. The van der Waals surface area contributed by atoms with E-state index >= 15 is 0 Å². The van der Waals surface area contributed by atoms with Crippen molar-refractivity contribution in [3.05, 3.63) is 77.1 Å². The minimum atomic E-state index is -2.00. The van der Waals surface area contributed by atoms with E-state index in [0.717, 1.165) is 31.6 Å². The van der Waals surface area contributed by atoms with E-state index in [1.165, 1.54) is 50.3 Å². The SMILES string of the molecule is CC=C1[C@@H](O[C@H]2O[C@H](CO)[C@H](O)[C@H](O)[C@H]2O)OC=C(C(=O)OC)[C@@H]1CC(=O)O[C@H]1[C@H](OCCc2ccc(O)c(O)c2)O[C@@H](CO)[C@@H](OC(=O)C=Cc2ccc(O)c(O)c2)[C@@H]1O[C@@H]1O[C@@H](C)[C@@H](O)[C@@H](O)[C@H]1O. The van der Waals surface area contributed by atoms with Gasteiger partial charge in [0.25, 0.3) is 0 Å². The first-order valence-corrected chi connectivity index (χ1v) is 22.2. The predicted molar refractivity (Wildman–Crippen MR) is 233 cm³/mol. The van der Waals surface area contributed by atoms with Crippen LogP contribution in [0.15, 0.2) is 66.0 Å². The van der Waals surface area contributed by atoms with Gasteiger partial charge in [-0.15, -0.1) is 0 Å². The molecule has 0 saturated carbocycles. The molecule has 0 bridgehead atoms. The molecular weight excluding hydrogens is 952 g/mol. The molecule has 392 valence electrons. The van der Waals surface area contributed by atoms with Crippen LogP contribution in [0, 0.1) is 5.92 Å². The molecule has 0 spiro atoms. The Morgan fingerprint density at radius 2 is 1.32 bits per heavy atom. The van der Waals surface area contributed by atoms with Crippen LogP contribution in [0.25, 0.3) is 6.08 Å². The average Bonchev–Trinajstić information content (AvgIpc) is 3.35. The van der Waals surface area contributed by atoms with Crippen molar-refractivity contribution in [1.82, 2.24) is 0 Å². The number of carbonyl (C=O) groups is 3. The fourth-order valence-electron chi connectivity index (χ4n) is 8.15. The number of hydrogen-bond donors (Lipinski definition) is 12. The van der Waals surface area contributed by atoms with Crippen LogP contribution in [-0.2, 0) is 68.2 Å². The van der Waals surface area contributed by atoms with Crippen LogP contribution < -0.4 is 0 Å². The number of aromatic hydroxyl groups is 4. The van der Waals surface area contributed by atoms with E-state index in [0.29, 0.717) is 5.56 Å². The molecule has 17 atom stereocenters. The second-order valence-corrected chi connectivity index (χ2v) is 16.8. The van der Waals surface area contributed by atoms with Crippen molar-refractivity contribution >= 4 is 24.0 Å². The molecule has 12 N–H and O–H groups in total. The summed E-state index contributed by atoms with van der Waals surface area (Å²) in [6.45, 7) is 0.814. The molecule has 0 aromatic heterocycles. The van der Waals surface area contributed by atoms with Crippen LogP contribution in [0.3, 0.4) is 0 Å². The van der Waals surface area contributed by atoms with E-state index < -0.39 is 165 Å². The van der Waals surface area contributed by atoms with E-state index in [9.17, 15) is 75.7 Å². The van der Waals surface area contributed by atoms with Gasteiger partial charge in [0.15, 0.2) is 54.1 Å². The number of aliphatic hydroxyl groups is 8. The lowest BCUT2D eigenvalue weighted by atomic mass is 9.86. The summed E-state index contributed by atoms with van der Waals surface area (Å²) in [5.41, 5.74) is 0.435. The predicted octanol–water partition coefficient (Wildman–Crippen LogP) is -2.28. The summed E-state index contributed by atoms with van der Waals surface area (Å²) in [6.07, 6.45) is -24.0. The Bertz CT molecular complexity index is 2250. The van der Waals surface area contributed by atoms with Gasteiger partial charge in [0.05, 0.1) is 51.3 Å². The lowest BCUT2D eigenvalue weighted by Gasteiger charge is -2.47. The molecule has 4 aliphatic heterocycles. The summed E-state index contributed by atoms with van der Waals surface area (Å²) in [6, 6.07) is 7.59. The van der Waals surface area contributed by atoms with Gasteiger partial charge in [-0.25, -0.2) is 9.59 Å². The number of phenols is 4. The van der Waals surface area contributed by atoms with Gasteiger partial charge in [-0.1, -0.05) is 18.2 Å². The molecule has 3 fully saturated rings. The summed E-state index contributed by atoms with van der Waals surface area (Å²) in [4.78, 5) is 41.3. The lowest BCUT2D eigenvalue weighted by Crippen LogP contribution is -2.65. The maximum absolute atomic E-state index is 14.5. The largest absolute Gasteiger partial charge is 0.504 e. The van der Waals surface area contributed by atoms with Crippen LogP contribution >= 0.6 is 0 Å². The molecular formula is C46H58O25. The third-order valence-electron chi connectivity index (χ3n) is 12.1. The standard InChI is InChI=1S/C46H58O25/c1-4-22-23(24(42(61)62-3)18-64-43(22)71-45-38(60)36(58)34(56)29(16-47)66-45)15-32(54)69-41-40(70-44-37(59)35(57)33(55)19(2)65-44)39(68-31(53)10-7-20-5-8-25(49)27(51)13-20)30(17-48)67-46(41)63-12-11-21-6-9-26(50)28(52)14-21/h4-10,13-14,18-19,23,29-30,33-41,43-52,55-60H,11-12,15-17H2,1-3H3/t19-,23+,29+,30-,33+,34-,35+,36-,37+,38+,39+,40-,41+,43+,44-,45+,46+/m0/s1. The third kappa shape index (κ3) is 12.8. The van der Waals surface area contributed by atoms with Crippen molar-refractivity contribution in [2.24, 2.45) is 5.92 Å². The molecule has 0 unspecified atom stereocenters. The van der Waals surface area contributed by atoms with Crippen molar-refractivity contribution in [3.63, 3.8) is 0 Å². The van der Waals surface area contributed by atoms with E-state index in [2.05, 4.69) is 0 Å². The molecule has 25 nitrogen and oxygen atoms in total. The number of methoxy groups -OCH3 is 1. The van der Waals surface area contributed by atoms with E-state index in [4.69, 9.17) is 47.4 Å². The summed E-state index contributed by atoms with van der Waals surface area (Å²) in [5, 5.41) is 124. The minimum absolute atomic E-state index is 0.0155. The molecule has 2 aromatic rings. The Kier molecular flexibility index (Phi) is 18.8. The van der Waals surface area contributed by atoms with Gasteiger partial charge in [0.1, 0.15) is 54.9 Å². The van der Waals surface area contributed by atoms with Crippen LogP contribution in [0.2, 0.25) is 0 Å². The zero-order valence-corrected chi connectivity index (χ0v) is 38.3. The van der Waals surface area contributed by atoms with Crippen molar-refractivity contribution < 1.29 is 123 Å². The van der Waals surface area contributed by atoms with E-state index in [1.807, 2.05) is 0 Å².